The van der Waals surface area contributed by atoms with Gasteiger partial charge in [-0.1, -0.05) is 48.5 Å². The molecule has 0 aliphatic carbocycles. The van der Waals surface area contributed by atoms with Gasteiger partial charge in [0.15, 0.2) is 4.96 Å². The van der Waals surface area contributed by atoms with Crippen LogP contribution in [0.3, 0.4) is 0 Å². The van der Waals surface area contributed by atoms with E-state index < -0.39 is 7.26 Å². The van der Waals surface area contributed by atoms with Crippen molar-refractivity contribution in [2.24, 2.45) is 0 Å². The number of carbonyl (C=O) groups is 1. The van der Waals surface area contributed by atoms with Crippen LogP contribution in [-0.4, -0.2) is 28.6 Å². The summed E-state index contributed by atoms with van der Waals surface area (Å²) < 4.78 is 6.58. The number of benzene rings is 3. The van der Waals surface area contributed by atoms with E-state index in [1.54, 1.807) is 18.4 Å². The lowest BCUT2D eigenvalue weighted by Crippen LogP contribution is -2.31. The normalized spacial score (nSPS) is 11.5. The van der Waals surface area contributed by atoms with E-state index >= 15 is 0 Å². The van der Waals surface area contributed by atoms with E-state index in [0.29, 0.717) is 23.0 Å². The van der Waals surface area contributed by atoms with E-state index in [4.69, 9.17) is 9.72 Å². The fourth-order valence-corrected chi connectivity index (χ4v) is 8.90. The van der Waals surface area contributed by atoms with Gasteiger partial charge in [0.1, 0.15) is 23.2 Å². The van der Waals surface area contributed by atoms with Gasteiger partial charge < -0.3 is 4.74 Å². The lowest BCUT2D eigenvalue weighted by atomic mass is 10.1. The minimum Gasteiger partial charge on any atom is -0.466 e. The molecular formula is C29H26N2O3PS+. The third kappa shape index (κ3) is 4.39. The van der Waals surface area contributed by atoms with E-state index in [0.717, 1.165) is 5.56 Å². The smallest absolute Gasteiger partial charge is 0.311 e. The van der Waals surface area contributed by atoms with E-state index in [2.05, 4.69) is 67.3 Å². The zero-order valence-corrected chi connectivity index (χ0v) is 21.8. The van der Waals surface area contributed by atoms with Gasteiger partial charge in [-0.3, -0.25) is 14.0 Å². The van der Waals surface area contributed by atoms with Crippen LogP contribution in [0.4, 0.5) is 0 Å². The highest BCUT2D eigenvalue weighted by atomic mass is 32.1. The largest absolute Gasteiger partial charge is 0.466 e. The maximum Gasteiger partial charge on any atom is 0.311 e. The summed E-state index contributed by atoms with van der Waals surface area (Å²) in [5.41, 5.74) is 1.97. The maximum atomic E-state index is 13.3. The van der Waals surface area contributed by atoms with Crippen LogP contribution in [0, 0.1) is 0 Å². The SMILES string of the molecule is CCOC(=O)Cc1csc2nc(-c3ccccc3[P+](C)(c3ccccc3)c3ccccc3)cc(=O)n12. The Morgan fingerprint density at radius 1 is 0.944 bits per heavy atom. The molecule has 0 aliphatic heterocycles. The second-order valence-electron chi connectivity index (χ2n) is 8.50. The van der Waals surface area contributed by atoms with Crippen LogP contribution in [-0.2, 0) is 16.0 Å². The molecule has 0 bridgehead atoms. The predicted molar refractivity (Wildman–Crippen MR) is 150 cm³/mol. The molecule has 0 saturated heterocycles. The van der Waals surface area contributed by atoms with E-state index in [-0.39, 0.29) is 17.9 Å². The molecule has 0 radical (unpaired) electrons. The molecular weight excluding hydrogens is 487 g/mol. The van der Waals surface area contributed by atoms with E-state index in [1.807, 2.05) is 24.3 Å². The van der Waals surface area contributed by atoms with Crippen molar-refractivity contribution in [2.45, 2.75) is 13.3 Å². The van der Waals surface area contributed by atoms with Crippen molar-refractivity contribution >= 4 is 45.4 Å². The number of nitrogens with zero attached hydrogens (tertiary/aromatic N) is 2. The molecule has 0 N–H and O–H groups in total. The topological polar surface area (TPSA) is 60.7 Å². The number of ether oxygens (including phenoxy) is 1. The van der Waals surface area contributed by atoms with Crippen molar-refractivity contribution in [1.82, 2.24) is 9.38 Å². The molecule has 180 valence electrons. The fourth-order valence-electron chi connectivity index (χ4n) is 4.56. The van der Waals surface area contributed by atoms with Crippen molar-refractivity contribution in [3.63, 3.8) is 0 Å². The van der Waals surface area contributed by atoms with Gasteiger partial charge in [0.25, 0.3) is 5.56 Å². The van der Waals surface area contributed by atoms with Gasteiger partial charge in [0.05, 0.1) is 25.4 Å². The van der Waals surface area contributed by atoms with Gasteiger partial charge in [-0.25, -0.2) is 4.98 Å². The highest BCUT2D eigenvalue weighted by Gasteiger charge is 2.42. The summed E-state index contributed by atoms with van der Waals surface area (Å²) >= 11 is 1.36. The van der Waals surface area contributed by atoms with E-state index in [1.165, 1.54) is 31.7 Å². The second kappa shape index (κ2) is 10.2. The molecule has 0 amide bonds. The molecule has 0 saturated carbocycles. The Hall–Kier alpha value is -3.60. The second-order valence-corrected chi connectivity index (χ2v) is 12.9. The number of aromatic nitrogens is 2. The van der Waals surface area contributed by atoms with Crippen LogP contribution in [0.5, 0.6) is 0 Å². The molecule has 7 heteroatoms. The first kappa shape index (κ1) is 24.1. The first-order chi connectivity index (χ1) is 17.5. The summed E-state index contributed by atoms with van der Waals surface area (Å²) in [6.07, 6.45) is 0.0387. The molecule has 2 heterocycles. The Morgan fingerprint density at radius 3 is 2.19 bits per heavy atom. The Morgan fingerprint density at radius 2 is 1.56 bits per heavy atom. The highest BCUT2D eigenvalue weighted by molar-refractivity contribution is 7.95. The van der Waals surface area contributed by atoms with Crippen LogP contribution in [0.25, 0.3) is 16.2 Å². The maximum absolute atomic E-state index is 13.3. The lowest BCUT2D eigenvalue weighted by Gasteiger charge is -2.25. The average Bonchev–Trinajstić information content (AvgIpc) is 3.32. The van der Waals surface area contributed by atoms with Crippen LogP contribution < -0.4 is 21.5 Å². The number of carbonyl (C=O) groups excluding carboxylic acids is 1. The zero-order chi connectivity index (χ0) is 25.1. The minimum atomic E-state index is -2.03. The lowest BCUT2D eigenvalue weighted by molar-refractivity contribution is -0.142. The molecule has 0 unspecified atom stereocenters. The molecule has 0 atom stereocenters. The molecule has 3 aromatic carbocycles. The quantitative estimate of drug-likeness (QED) is 0.238. The van der Waals surface area contributed by atoms with Gasteiger partial charge >= 0.3 is 5.97 Å². The summed E-state index contributed by atoms with van der Waals surface area (Å²) in [7, 11) is -2.03. The number of thiazole rings is 1. The molecule has 36 heavy (non-hydrogen) atoms. The van der Waals surface area contributed by atoms with Gasteiger partial charge in [-0.05, 0) is 43.3 Å². The van der Waals surface area contributed by atoms with Crippen molar-refractivity contribution in [1.29, 1.82) is 0 Å². The average molecular weight is 514 g/mol. The summed E-state index contributed by atoms with van der Waals surface area (Å²) in [5.74, 6) is -0.357. The zero-order valence-electron chi connectivity index (χ0n) is 20.1. The van der Waals surface area contributed by atoms with Crippen molar-refractivity contribution in [3.8, 4) is 11.3 Å². The molecule has 2 aromatic heterocycles. The Labute approximate surface area is 214 Å². The number of rotatable bonds is 7. The van der Waals surface area contributed by atoms with Crippen LogP contribution in [0.2, 0.25) is 0 Å². The van der Waals surface area contributed by atoms with Gasteiger partial charge in [-0.2, -0.15) is 0 Å². The van der Waals surface area contributed by atoms with Crippen LogP contribution in [0.15, 0.2) is 101 Å². The number of fused-ring (bicyclic) bond motifs is 1. The molecule has 5 aromatic rings. The summed E-state index contributed by atoms with van der Waals surface area (Å²) in [4.78, 5) is 30.8. The van der Waals surface area contributed by atoms with Gasteiger partial charge in [0.2, 0.25) is 0 Å². The molecule has 5 nitrogen and oxygen atoms in total. The molecule has 0 aliphatic rings. The number of hydrogen-bond acceptors (Lipinski definition) is 5. The number of esters is 1. The van der Waals surface area contributed by atoms with Gasteiger partial charge in [0, 0.05) is 22.7 Å². The predicted octanol–water partition coefficient (Wildman–Crippen LogP) is 4.45. The standard InChI is InChI=1S/C29H26N2O3PS/c1-3-34-28(33)18-21-20-36-29-30-25(19-27(32)31(21)29)24-16-10-11-17-26(24)35(2,22-12-6-4-7-13-22)23-14-8-5-9-15-23/h4-17,19-20H,3,18H2,1-2H3/q+1. The summed E-state index contributed by atoms with van der Waals surface area (Å²) in [6.45, 7) is 4.40. The first-order valence-electron chi connectivity index (χ1n) is 11.8. The highest BCUT2D eigenvalue weighted by Crippen LogP contribution is 2.53. The van der Waals surface area contributed by atoms with Crippen molar-refractivity contribution in [2.75, 3.05) is 13.3 Å². The summed E-state index contributed by atoms with van der Waals surface area (Å²) in [6, 6.07) is 30.9. The molecule has 5 rings (SSSR count). The molecule has 0 spiro atoms. The van der Waals surface area contributed by atoms with Crippen molar-refractivity contribution < 1.29 is 9.53 Å². The van der Waals surface area contributed by atoms with Crippen molar-refractivity contribution in [3.05, 3.63) is 112 Å². The third-order valence-corrected chi connectivity index (χ3v) is 11.2. The van der Waals surface area contributed by atoms with Crippen LogP contribution >= 0.6 is 18.6 Å². The van der Waals surface area contributed by atoms with E-state index in [9.17, 15) is 9.59 Å². The van der Waals surface area contributed by atoms with Crippen LogP contribution in [0.1, 0.15) is 12.6 Å². The Balaban J connectivity index is 1.68. The van der Waals surface area contributed by atoms with Gasteiger partial charge in [-0.15, -0.1) is 11.3 Å². The monoisotopic (exact) mass is 513 g/mol. The Kier molecular flexibility index (Phi) is 6.82. The third-order valence-electron chi connectivity index (χ3n) is 6.31. The number of hydrogen-bond donors (Lipinski definition) is 0. The molecule has 0 fully saturated rings. The Bertz CT molecular complexity index is 1540. The first-order valence-corrected chi connectivity index (χ1v) is 14.9. The fraction of sp³-hybridized carbons (Fsp3) is 0.138. The summed E-state index contributed by atoms with van der Waals surface area (Å²) in [5, 5.41) is 5.49. The minimum absolute atomic E-state index is 0.0387.